The molecule has 14 heteroatoms. The van der Waals surface area contributed by atoms with E-state index in [2.05, 4.69) is 51.2 Å². The van der Waals surface area contributed by atoms with Gasteiger partial charge >= 0.3 is 24.3 Å². The molecule has 0 amide bonds. The van der Waals surface area contributed by atoms with Crippen LogP contribution in [0.25, 0.3) is 0 Å². The number of piperidine rings is 2. The molecule has 3 N–H and O–H groups in total. The fourth-order valence-corrected chi connectivity index (χ4v) is 5.85. The van der Waals surface area contributed by atoms with Gasteiger partial charge in [-0.1, -0.05) is 30.7 Å². The van der Waals surface area contributed by atoms with Crippen LogP contribution in [0.4, 0.5) is 26.3 Å². The number of fused-ring (bicyclic) bond motifs is 2. The van der Waals surface area contributed by atoms with Gasteiger partial charge in [0, 0.05) is 24.4 Å². The van der Waals surface area contributed by atoms with E-state index in [1.54, 1.807) is 0 Å². The molecule has 1 aromatic heterocycles. The number of aliphatic hydroxyl groups excluding tert-OH is 1. The number of halogens is 6. The van der Waals surface area contributed by atoms with Gasteiger partial charge in [0.25, 0.3) is 0 Å². The Morgan fingerprint density at radius 3 is 1.83 bits per heavy atom. The number of benzene rings is 1. The van der Waals surface area contributed by atoms with E-state index >= 15 is 0 Å². The van der Waals surface area contributed by atoms with Gasteiger partial charge < -0.3 is 15.3 Å². The molecule has 0 saturated carbocycles. The first-order chi connectivity index (χ1) is 19.7. The maximum atomic E-state index is 11.6. The van der Waals surface area contributed by atoms with Crippen molar-refractivity contribution in [2.75, 3.05) is 26.2 Å². The van der Waals surface area contributed by atoms with E-state index in [9.17, 15) is 31.4 Å². The van der Waals surface area contributed by atoms with Crippen molar-refractivity contribution in [2.45, 2.75) is 68.6 Å². The zero-order valence-corrected chi connectivity index (χ0v) is 22.6. The Morgan fingerprint density at radius 1 is 0.833 bits per heavy atom. The number of alkyl halides is 6. The number of hydrogen-bond donors (Lipinski definition) is 3. The molecule has 232 valence electrons. The number of aliphatic carboxylic acids is 2. The summed E-state index contributed by atoms with van der Waals surface area (Å²) in [6, 6.07) is 13.3. The average molecular weight is 606 g/mol. The fraction of sp³-hybridized carbons (Fsp3) is 0.536. The number of carboxylic acids is 2. The number of carboxylic acid groups (broad SMARTS) is 2. The van der Waals surface area contributed by atoms with E-state index in [1.165, 1.54) is 36.0 Å². The van der Waals surface area contributed by atoms with Crippen molar-refractivity contribution < 1.29 is 51.3 Å². The smallest absolute Gasteiger partial charge is 0.475 e. The molecule has 0 bridgehead atoms. The van der Waals surface area contributed by atoms with E-state index in [0.717, 1.165) is 45.6 Å². The van der Waals surface area contributed by atoms with Crippen molar-refractivity contribution in [3.8, 4) is 0 Å². The molecule has 2 aliphatic heterocycles. The SMILES string of the molecule is O=C(O)C(F)(F)F.O=C(O)C(F)(F)F.O[C@H]1[C@H](N2CCCCC2)c2ccccc2C12CCN(Cc1ccncc1)CC2. The van der Waals surface area contributed by atoms with Gasteiger partial charge in [-0.3, -0.25) is 14.8 Å². The number of hydrogen-bond acceptors (Lipinski definition) is 6. The predicted molar refractivity (Wildman–Crippen MR) is 138 cm³/mol. The lowest BCUT2D eigenvalue weighted by atomic mass is 9.72. The normalized spacial score (nSPS) is 22.3. The molecule has 5 rings (SSSR count). The van der Waals surface area contributed by atoms with E-state index in [1.807, 2.05) is 12.4 Å². The zero-order valence-electron chi connectivity index (χ0n) is 22.6. The lowest BCUT2D eigenvalue weighted by Crippen LogP contribution is -2.50. The largest absolute Gasteiger partial charge is 0.490 e. The molecule has 0 radical (unpaired) electrons. The zero-order chi connectivity index (χ0) is 31.1. The van der Waals surface area contributed by atoms with Crippen LogP contribution in [0.15, 0.2) is 48.8 Å². The Kier molecular flexibility index (Phi) is 11.0. The fourth-order valence-electron chi connectivity index (χ4n) is 5.85. The summed E-state index contributed by atoms with van der Waals surface area (Å²) in [5.41, 5.74) is 4.05. The number of aliphatic hydroxyl groups is 1. The minimum Gasteiger partial charge on any atom is -0.475 e. The molecule has 0 unspecified atom stereocenters. The van der Waals surface area contributed by atoms with Crippen molar-refractivity contribution in [1.29, 1.82) is 0 Å². The monoisotopic (exact) mass is 605 g/mol. The predicted octanol–water partition coefficient (Wildman–Crippen LogP) is 4.78. The van der Waals surface area contributed by atoms with Crippen LogP contribution < -0.4 is 0 Å². The number of carbonyl (C=O) groups is 2. The minimum atomic E-state index is -5.08. The van der Waals surface area contributed by atoms with Gasteiger partial charge in [0.15, 0.2) is 0 Å². The lowest BCUT2D eigenvalue weighted by Gasteiger charge is -2.44. The van der Waals surface area contributed by atoms with Gasteiger partial charge in [-0.25, -0.2) is 9.59 Å². The summed E-state index contributed by atoms with van der Waals surface area (Å²) < 4.78 is 63.5. The van der Waals surface area contributed by atoms with Crippen LogP contribution in [0.5, 0.6) is 0 Å². The first-order valence-corrected chi connectivity index (χ1v) is 13.4. The Morgan fingerprint density at radius 2 is 1.33 bits per heavy atom. The molecule has 3 heterocycles. The molecular formula is C28H33F6N3O5. The Bertz CT molecular complexity index is 1160. The highest BCUT2D eigenvalue weighted by atomic mass is 19.4. The summed E-state index contributed by atoms with van der Waals surface area (Å²) in [6.45, 7) is 5.31. The maximum Gasteiger partial charge on any atom is 0.490 e. The third-order valence-electron chi connectivity index (χ3n) is 7.85. The van der Waals surface area contributed by atoms with Crippen LogP contribution in [0.2, 0.25) is 0 Å². The Hall–Kier alpha value is -3.23. The molecule has 1 spiro atoms. The molecule has 2 aromatic rings. The second-order valence-corrected chi connectivity index (χ2v) is 10.5. The third kappa shape index (κ3) is 8.19. The van der Waals surface area contributed by atoms with E-state index < -0.39 is 24.3 Å². The lowest BCUT2D eigenvalue weighted by molar-refractivity contribution is -0.193. The van der Waals surface area contributed by atoms with E-state index in [0.29, 0.717) is 0 Å². The number of rotatable bonds is 3. The van der Waals surface area contributed by atoms with Crippen molar-refractivity contribution in [3.63, 3.8) is 0 Å². The number of aromatic nitrogens is 1. The van der Waals surface area contributed by atoms with Crippen molar-refractivity contribution >= 4 is 11.9 Å². The summed E-state index contributed by atoms with van der Waals surface area (Å²) in [5, 5.41) is 25.9. The summed E-state index contributed by atoms with van der Waals surface area (Å²) in [4.78, 5) is 27.0. The molecular weight excluding hydrogens is 572 g/mol. The topological polar surface area (TPSA) is 114 Å². The first kappa shape index (κ1) is 33.3. The summed E-state index contributed by atoms with van der Waals surface area (Å²) in [5.74, 6) is -5.51. The van der Waals surface area contributed by atoms with Gasteiger partial charge in [0.2, 0.25) is 0 Å². The van der Waals surface area contributed by atoms with Crippen LogP contribution in [0.3, 0.4) is 0 Å². The van der Waals surface area contributed by atoms with Gasteiger partial charge in [-0.15, -0.1) is 0 Å². The molecule has 2 saturated heterocycles. The summed E-state index contributed by atoms with van der Waals surface area (Å²) in [6.07, 6.45) is -0.763. The molecule has 2 fully saturated rings. The van der Waals surface area contributed by atoms with Crippen LogP contribution in [-0.2, 0) is 21.5 Å². The van der Waals surface area contributed by atoms with Gasteiger partial charge in [0.05, 0.1) is 12.1 Å². The van der Waals surface area contributed by atoms with E-state index in [4.69, 9.17) is 19.8 Å². The van der Waals surface area contributed by atoms with Gasteiger partial charge in [0.1, 0.15) is 0 Å². The van der Waals surface area contributed by atoms with Crippen molar-refractivity contribution in [3.05, 3.63) is 65.5 Å². The summed E-state index contributed by atoms with van der Waals surface area (Å²) >= 11 is 0. The molecule has 8 nitrogen and oxygen atoms in total. The number of nitrogens with zero attached hydrogens (tertiary/aromatic N) is 3. The van der Waals surface area contributed by atoms with Crippen LogP contribution >= 0.6 is 0 Å². The van der Waals surface area contributed by atoms with Crippen molar-refractivity contribution in [2.24, 2.45) is 0 Å². The number of likely N-dealkylation sites (tertiary alicyclic amines) is 2. The number of pyridine rings is 1. The highest BCUT2D eigenvalue weighted by molar-refractivity contribution is 5.73. The van der Waals surface area contributed by atoms with Crippen molar-refractivity contribution in [1.82, 2.24) is 14.8 Å². The quantitative estimate of drug-likeness (QED) is 0.429. The van der Waals surface area contributed by atoms with Crippen LogP contribution in [0, 0.1) is 0 Å². The molecule has 1 aliphatic carbocycles. The highest BCUT2D eigenvalue weighted by Gasteiger charge is 2.54. The standard InChI is InChI=1S/C24H31N3O.2C2HF3O2/c28-23-22(27-14-4-1-5-15-27)20-6-2-3-7-21(20)24(23)10-16-26(17-11-24)18-19-8-12-25-13-9-19;2*3-2(4,5)1(6)7/h2-3,6-9,12-13,22-23,28H,1,4-5,10-11,14-18H2;2*(H,6,7)/t22-,23+;;/m1../s1. The van der Waals surface area contributed by atoms with Gasteiger partial charge in [-0.05, 0) is 80.7 Å². The van der Waals surface area contributed by atoms with Gasteiger partial charge in [-0.2, -0.15) is 26.3 Å². The minimum absolute atomic E-state index is 0.0759. The second-order valence-electron chi connectivity index (χ2n) is 10.5. The molecule has 42 heavy (non-hydrogen) atoms. The first-order valence-electron chi connectivity index (χ1n) is 13.4. The Labute approximate surface area is 238 Å². The summed E-state index contributed by atoms with van der Waals surface area (Å²) in [7, 11) is 0. The average Bonchev–Trinajstić information content (AvgIpc) is 3.18. The maximum absolute atomic E-state index is 11.6. The highest BCUT2D eigenvalue weighted by Crippen LogP contribution is 2.53. The Balaban J connectivity index is 0.000000289. The molecule has 3 aliphatic rings. The molecule has 1 aromatic carbocycles. The third-order valence-corrected chi connectivity index (χ3v) is 7.85. The molecule has 2 atom stereocenters. The van der Waals surface area contributed by atoms with Crippen LogP contribution in [-0.4, -0.2) is 86.7 Å². The second kappa shape index (κ2) is 13.8. The van der Waals surface area contributed by atoms with E-state index in [-0.39, 0.29) is 17.6 Å². The van der Waals surface area contributed by atoms with Crippen LogP contribution in [0.1, 0.15) is 54.8 Å².